The fraction of sp³-hybridized carbons (Fsp3) is 0.333. The van der Waals surface area contributed by atoms with Gasteiger partial charge in [-0.05, 0) is 34.2 Å². The van der Waals surface area contributed by atoms with E-state index in [1.165, 1.54) is 14.2 Å². The lowest BCUT2D eigenvalue weighted by Crippen LogP contribution is -2.43. The summed E-state index contributed by atoms with van der Waals surface area (Å²) >= 11 is 2.14. The first-order valence-corrected chi connectivity index (χ1v) is 6.93. The van der Waals surface area contributed by atoms with Gasteiger partial charge in [-0.25, -0.2) is 0 Å². The highest BCUT2D eigenvalue weighted by Crippen LogP contribution is 2.32. The summed E-state index contributed by atoms with van der Waals surface area (Å²) in [4.78, 5) is 24.2. The van der Waals surface area contributed by atoms with Crippen LogP contribution < -0.4 is 0 Å². The van der Waals surface area contributed by atoms with Gasteiger partial charge < -0.3 is 9.47 Å². The fourth-order valence-electron chi connectivity index (χ4n) is 1.97. The summed E-state index contributed by atoms with van der Waals surface area (Å²) in [6.07, 6.45) is 5.40. The minimum absolute atomic E-state index is 0.0721. The number of hydrogen-bond donors (Lipinski definition) is 0. The highest BCUT2D eigenvalue weighted by molar-refractivity contribution is 14.1. The Kier molecular flexibility index (Phi) is 6.02. The topological polar surface area (TPSA) is 52.6 Å². The summed E-state index contributed by atoms with van der Waals surface area (Å²) in [6, 6.07) is 7.46. The van der Waals surface area contributed by atoms with Gasteiger partial charge in [-0.15, -0.1) is 12.3 Å². The minimum atomic E-state index is -1.50. The number of methoxy groups -OCH3 is 2. The van der Waals surface area contributed by atoms with Crippen molar-refractivity contribution in [2.24, 2.45) is 5.41 Å². The largest absolute Gasteiger partial charge is 0.468 e. The summed E-state index contributed by atoms with van der Waals surface area (Å²) in [6.45, 7) is 0. The zero-order valence-corrected chi connectivity index (χ0v) is 13.5. The molecule has 1 rings (SSSR count). The Morgan fingerprint density at radius 3 is 2.25 bits per heavy atom. The van der Waals surface area contributed by atoms with Crippen molar-refractivity contribution in [3.8, 4) is 12.3 Å². The zero-order chi connectivity index (χ0) is 15.2. The molecule has 0 heterocycles. The molecule has 106 valence electrons. The van der Waals surface area contributed by atoms with Gasteiger partial charge >= 0.3 is 11.9 Å². The van der Waals surface area contributed by atoms with Crippen molar-refractivity contribution >= 4 is 34.5 Å². The number of benzene rings is 1. The molecule has 0 spiro atoms. The van der Waals surface area contributed by atoms with Crippen LogP contribution in [0.15, 0.2) is 24.3 Å². The van der Waals surface area contributed by atoms with E-state index in [0.717, 1.165) is 9.13 Å². The van der Waals surface area contributed by atoms with E-state index in [-0.39, 0.29) is 12.8 Å². The highest BCUT2D eigenvalue weighted by atomic mass is 127. The Balaban J connectivity index is 3.29. The van der Waals surface area contributed by atoms with Gasteiger partial charge in [-0.2, -0.15) is 0 Å². The van der Waals surface area contributed by atoms with E-state index in [1.54, 1.807) is 0 Å². The Hall–Kier alpha value is -1.55. The first kappa shape index (κ1) is 16.5. The molecule has 20 heavy (non-hydrogen) atoms. The van der Waals surface area contributed by atoms with E-state index >= 15 is 0 Å². The first-order valence-electron chi connectivity index (χ1n) is 5.85. The molecule has 0 saturated carbocycles. The molecule has 0 fully saturated rings. The van der Waals surface area contributed by atoms with E-state index in [2.05, 4.69) is 28.5 Å². The lowest BCUT2D eigenvalue weighted by atomic mass is 9.78. The molecule has 0 N–H and O–H groups in total. The van der Waals surface area contributed by atoms with Crippen molar-refractivity contribution in [3.63, 3.8) is 0 Å². The van der Waals surface area contributed by atoms with Gasteiger partial charge in [0.05, 0.1) is 14.2 Å². The number of halogens is 1. The van der Waals surface area contributed by atoms with Gasteiger partial charge in [-0.1, -0.05) is 18.2 Å². The average molecular weight is 386 g/mol. The fourth-order valence-corrected chi connectivity index (χ4v) is 2.54. The summed E-state index contributed by atoms with van der Waals surface area (Å²) in [5.41, 5.74) is -0.654. The molecule has 0 aliphatic heterocycles. The van der Waals surface area contributed by atoms with Crippen LogP contribution in [0.4, 0.5) is 0 Å². The maximum atomic E-state index is 12.1. The van der Waals surface area contributed by atoms with Gasteiger partial charge in [0, 0.05) is 16.4 Å². The van der Waals surface area contributed by atoms with Crippen molar-refractivity contribution in [1.29, 1.82) is 0 Å². The Morgan fingerprint density at radius 1 is 1.25 bits per heavy atom. The number of esters is 2. The van der Waals surface area contributed by atoms with Crippen LogP contribution >= 0.6 is 22.6 Å². The molecular formula is C15H15IO4. The quantitative estimate of drug-likeness (QED) is 0.337. The number of hydrogen-bond acceptors (Lipinski definition) is 4. The van der Waals surface area contributed by atoms with Crippen LogP contribution in [0, 0.1) is 21.3 Å². The minimum Gasteiger partial charge on any atom is -0.468 e. The third-order valence-electron chi connectivity index (χ3n) is 3.01. The maximum absolute atomic E-state index is 12.1. The second kappa shape index (κ2) is 7.29. The summed E-state index contributed by atoms with van der Waals surface area (Å²) < 4.78 is 10.5. The lowest BCUT2D eigenvalue weighted by Gasteiger charge is -2.26. The maximum Gasteiger partial charge on any atom is 0.324 e. The van der Waals surface area contributed by atoms with Crippen molar-refractivity contribution in [2.45, 2.75) is 12.8 Å². The van der Waals surface area contributed by atoms with Gasteiger partial charge in [-0.3, -0.25) is 9.59 Å². The lowest BCUT2D eigenvalue weighted by molar-refractivity contribution is -0.168. The van der Waals surface area contributed by atoms with Crippen molar-refractivity contribution < 1.29 is 19.1 Å². The average Bonchev–Trinajstić information content (AvgIpc) is 2.47. The Bertz CT molecular complexity index is 529. The molecule has 4 nitrogen and oxygen atoms in total. The molecular weight excluding hydrogens is 371 g/mol. The normalized spacial score (nSPS) is 10.5. The van der Waals surface area contributed by atoms with Crippen LogP contribution in [0.5, 0.6) is 0 Å². The molecule has 0 aliphatic rings. The molecule has 0 aromatic heterocycles. The number of carbonyl (C=O) groups is 2. The molecule has 1 aromatic rings. The molecule has 0 unspecified atom stereocenters. The number of ether oxygens (including phenoxy) is 2. The molecule has 0 radical (unpaired) electrons. The summed E-state index contributed by atoms with van der Waals surface area (Å²) in [5, 5.41) is 0. The number of rotatable bonds is 5. The van der Waals surface area contributed by atoms with Gasteiger partial charge in [0.2, 0.25) is 0 Å². The predicted molar refractivity (Wildman–Crippen MR) is 82.8 cm³/mol. The van der Waals surface area contributed by atoms with Crippen LogP contribution in [0.2, 0.25) is 0 Å². The second-order valence-corrected chi connectivity index (χ2v) is 5.38. The summed E-state index contributed by atoms with van der Waals surface area (Å²) in [5.74, 6) is 1.02. The van der Waals surface area contributed by atoms with Crippen LogP contribution in [-0.4, -0.2) is 26.2 Å². The Morgan fingerprint density at radius 2 is 1.80 bits per heavy atom. The SMILES string of the molecule is C#CCC(Cc1ccccc1I)(C(=O)OC)C(=O)OC. The van der Waals surface area contributed by atoms with E-state index < -0.39 is 17.4 Å². The molecule has 0 atom stereocenters. The number of terminal acetylenes is 1. The molecule has 0 amide bonds. The van der Waals surface area contributed by atoms with E-state index in [9.17, 15) is 9.59 Å². The second-order valence-electron chi connectivity index (χ2n) is 4.21. The molecule has 0 saturated heterocycles. The molecule has 5 heteroatoms. The van der Waals surface area contributed by atoms with Crippen LogP contribution in [0.1, 0.15) is 12.0 Å². The zero-order valence-electron chi connectivity index (χ0n) is 11.3. The van der Waals surface area contributed by atoms with E-state index in [4.69, 9.17) is 15.9 Å². The molecule has 0 bridgehead atoms. The standard InChI is InChI=1S/C15H15IO4/c1-4-9-15(13(17)19-2,14(18)20-3)10-11-7-5-6-8-12(11)16/h1,5-8H,9-10H2,2-3H3. The van der Waals surface area contributed by atoms with Crippen LogP contribution in [0.3, 0.4) is 0 Å². The molecule has 0 aliphatic carbocycles. The van der Waals surface area contributed by atoms with Crippen molar-refractivity contribution in [1.82, 2.24) is 0 Å². The van der Waals surface area contributed by atoms with Crippen molar-refractivity contribution in [2.75, 3.05) is 14.2 Å². The van der Waals surface area contributed by atoms with Crippen LogP contribution in [0.25, 0.3) is 0 Å². The van der Waals surface area contributed by atoms with E-state index in [0.29, 0.717) is 0 Å². The summed E-state index contributed by atoms with van der Waals surface area (Å²) in [7, 11) is 2.46. The third kappa shape index (κ3) is 3.31. The highest BCUT2D eigenvalue weighted by Gasteiger charge is 2.48. The van der Waals surface area contributed by atoms with Crippen LogP contribution in [-0.2, 0) is 25.5 Å². The van der Waals surface area contributed by atoms with Gasteiger partial charge in [0.1, 0.15) is 0 Å². The Labute approximate surface area is 132 Å². The van der Waals surface area contributed by atoms with Gasteiger partial charge in [0.25, 0.3) is 0 Å². The first-order chi connectivity index (χ1) is 9.51. The smallest absolute Gasteiger partial charge is 0.324 e. The predicted octanol–water partition coefficient (Wildman–Crippen LogP) is 2.19. The third-order valence-corrected chi connectivity index (χ3v) is 4.06. The van der Waals surface area contributed by atoms with Gasteiger partial charge in [0.15, 0.2) is 5.41 Å². The van der Waals surface area contributed by atoms with Crippen molar-refractivity contribution in [3.05, 3.63) is 33.4 Å². The van der Waals surface area contributed by atoms with E-state index in [1.807, 2.05) is 24.3 Å². The molecule has 1 aromatic carbocycles. The monoisotopic (exact) mass is 386 g/mol. The number of carbonyl (C=O) groups excluding carboxylic acids is 2.